The molecule has 0 atom stereocenters. The molecule has 0 N–H and O–H groups in total. The standard InChI is InChI=1S/C6H11F7OSi2/c1-16(2,3)14-15-6(12,13)4(7,8)5(9,10)11/h15H2,1-3H3. The first-order valence-corrected chi connectivity index (χ1v) is 8.86. The number of hydrogen-bond acceptors (Lipinski definition) is 1. The topological polar surface area (TPSA) is 9.23 Å². The van der Waals surface area contributed by atoms with E-state index >= 15 is 0 Å². The number of alkyl halides is 7. The lowest BCUT2D eigenvalue weighted by molar-refractivity contribution is -0.334. The fourth-order valence-corrected chi connectivity index (χ4v) is 3.44. The molecular weight excluding hydrogens is 277 g/mol. The SMILES string of the molecule is C[Si](C)(C)O[SiH2]C(F)(F)C(F)(F)C(F)(F)F. The summed E-state index contributed by atoms with van der Waals surface area (Å²) in [7, 11) is -5.81. The highest BCUT2D eigenvalue weighted by Gasteiger charge is 2.72. The van der Waals surface area contributed by atoms with Gasteiger partial charge >= 0.3 is 17.6 Å². The third-order valence-electron chi connectivity index (χ3n) is 1.50. The van der Waals surface area contributed by atoms with Gasteiger partial charge in [0.05, 0.1) is 0 Å². The van der Waals surface area contributed by atoms with Crippen LogP contribution < -0.4 is 0 Å². The van der Waals surface area contributed by atoms with Crippen LogP contribution in [0.3, 0.4) is 0 Å². The third kappa shape index (κ3) is 3.73. The molecule has 98 valence electrons. The van der Waals surface area contributed by atoms with Gasteiger partial charge in [-0.25, -0.2) is 8.78 Å². The number of rotatable bonds is 4. The lowest BCUT2D eigenvalue weighted by Crippen LogP contribution is -2.56. The molecule has 0 aliphatic heterocycles. The van der Waals surface area contributed by atoms with Crippen LogP contribution in [0.4, 0.5) is 30.7 Å². The maximum absolute atomic E-state index is 12.7. The molecule has 0 aromatic rings. The molecule has 0 aromatic heterocycles. The average Bonchev–Trinajstić information content (AvgIpc) is 1.97. The Morgan fingerprint density at radius 2 is 1.25 bits per heavy atom. The maximum atomic E-state index is 12.7. The fraction of sp³-hybridized carbons (Fsp3) is 1.00. The maximum Gasteiger partial charge on any atom is 0.459 e. The zero-order chi connectivity index (χ0) is 13.4. The Hall–Kier alpha value is -0.0962. The lowest BCUT2D eigenvalue weighted by Gasteiger charge is -2.30. The molecule has 0 bridgehead atoms. The van der Waals surface area contributed by atoms with E-state index in [1.165, 1.54) is 19.6 Å². The van der Waals surface area contributed by atoms with Gasteiger partial charge in [0, 0.05) is 0 Å². The largest absolute Gasteiger partial charge is 0.459 e. The first kappa shape index (κ1) is 15.9. The lowest BCUT2D eigenvalue weighted by atomic mass is 10.3. The number of halogens is 7. The molecule has 16 heavy (non-hydrogen) atoms. The minimum Gasteiger partial charge on any atom is -0.456 e. The van der Waals surface area contributed by atoms with Gasteiger partial charge in [0.2, 0.25) is 9.76 Å². The summed E-state index contributed by atoms with van der Waals surface area (Å²) in [4.78, 5) is 0. The van der Waals surface area contributed by atoms with E-state index in [4.69, 9.17) is 0 Å². The quantitative estimate of drug-likeness (QED) is 0.571. The van der Waals surface area contributed by atoms with Crippen LogP contribution >= 0.6 is 0 Å². The summed E-state index contributed by atoms with van der Waals surface area (Å²) in [5, 5.41) is 0. The van der Waals surface area contributed by atoms with Crippen LogP contribution in [0.25, 0.3) is 0 Å². The molecular formula is C6H11F7OSi2. The molecule has 0 saturated carbocycles. The Balaban J connectivity index is 4.79. The van der Waals surface area contributed by atoms with Crippen LogP contribution in [0.15, 0.2) is 0 Å². The van der Waals surface area contributed by atoms with Gasteiger partial charge in [-0.15, -0.1) is 0 Å². The molecule has 0 aliphatic carbocycles. The van der Waals surface area contributed by atoms with Crippen LogP contribution in [0, 0.1) is 0 Å². The van der Waals surface area contributed by atoms with Gasteiger partial charge in [0.15, 0.2) is 8.32 Å². The predicted molar refractivity (Wildman–Crippen MR) is 48.9 cm³/mol. The van der Waals surface area contributed by atoms with Gasteiger partial charge in [-0.05, 0) is 19.6 Å². The van der Waals surface area contributed by atoms with Crippen LogP contribution in [0.1, 0.15) is 0 Å². The molecule has 0 aromatic carbocycles. The van der Waals surface area contributed by atoms with E-state index < -0.39 is 35.7 Å². The summed E-state index contributed by atoms with van der Waals surface area (Å²) in [5.41, 5.74) is -5.12. The highest BCUT2D eigenvalue weighted by Crippen LogP contribution is 2.46. The molecule has 0 unspecified atom stereocenters. The van der Waals surface area contributed by atoms with Gasteiger partial charge in [-0.2, -0.15) is 22.0 Å². The van der Waals surface area contributed by atoms with E-state index in [0.717, 1.165) is 0 Å². The highest BCUT2D eigenvalue weighted by atomic mass is 28.4. The smallest absolute Gasteiger partial charge is 0.456 e. The normalized spacial score (nSPS) is 16.1. The van der Waals surface area contributed by atoms with E-state index in [9.17, 15) is 30.7 Å². The Labute approximate surface area is 91.0 Å². The van der Waals surface area contributed by atoms with Crippen molar-refractivity contribution in [2.24, 2.45) is 0 Å². The van der Waals surface area contributed by atoms with Crippen molar-refractivity contribution in [3.05, 3.63) is 0 Å². The molecule has 0 amide bonds. The molecule has 0 aliphatic rings. The Kier molecular flexibility index (Phi) is 4.27. The zero-order valence-corrected chi connectivity index (χ0v) is 11.2. The molecule has 0 heterocycles. The van der Waals surface area contributed by atoms with Crippen LogP contribution in [-0.2, 0) is 4.12 Å². The first-order chi connectivity index (χ1) is 6.71. The summed E-state index contributed by atoms with van der Waals surface area (Å²) in [6, 6.07) is 0. The van der Waals surface area contributed by atoms with Crippen LogP contribution in [0.5, 0.6) is 0 Å². The van der Waals surface area contributed by atoms with E-state index in [2.05, 4.69) is 4.12 Å². The van der Waals surface area contributed by atoms with E-state index in [-0.39, 0.29) is 0 Å². The summed E-state index contributed by atoms with van der Waals surface area (Å²) in [6.07, 6.45) is -6.26. The molecule has 0 rings (SSSR count). The monoisotopic (exact) mass is 288 g/mol. The predicted octanol–water partition coefficient (Wildman–Crippen LogP) is 2.71. The van der Waals surface area contributed by atoms with Gasteiger partial charge < -0.3 is 4.12 Å². The van der Waals surface area contributed by atoms with E-state index in [0.29, 0.717) is 0 Å². The van der Waals surface area contributed by atoms with Crippen molar-refractivity contribution < 1.29 is 34.8 Å². The van der Waals surface area contributed by atoms with Gasteiger partial charge in [0.25, 0.3) is 0 Å². The van der Waals surface area contributed by atoms with Gasteiger partial charge in [0.1, 0.15) is 0 Å². The second-order valence-corrected chi connectivity index (χ2v) is 10.7. The third-order valence-corrected chi connectivity index (χ3v) is 6.35. The molecule has 0 radical (unpaired) electrons. The number of hydrogen-bond donors (Lipinski definition) is 0. The second-order valence-electron chi connectivity index (χ2n) is 4.18. The fourth-order valence-electron chi connectivity index (χ4n) is 0.605. The molecule has 0 saturated heterocycles. The van der Waals surface area contributed by atoms with Crippen molar-refractivity contribution in [3.8, 4) is 0 Å². The van der Waals surface area contributed by atoms with Crippen molar-refractivity contribution in [1.82, 2.24) is 0 Å². The highest BCUT2D eigenvalue weighted by molar-refractivity contribution is 6.74. The first-order valence-electron chi connectivity index (χ1n) is 4.17. The van der Waals surface area contributed by atoms with Gasteiger partial charge in [-0.3, -0.25) is 0 Å². The van der Waals surface area contributed by atoms with Crippen LogP contribution in [-0.4, -0.2) is 35.7 Å². The molecule has 0 fully saturated rings. The Bertz CT molecular complexity index is 244. The van der Waals surface area contributed by atoms with Crippen LogP contribution in [0.2, 0.25) is 19.6 Å². The molecule has 1 nitrogen and oxygen atoms in total. The zero-order valence-electron chi connectivity index (χ0n) is 8.76. The minimum absolute atomic E-state index is 1.43. The van der Waals surface area contributed by atoms with E-state index in [1.54, 1.807) is 0 Å². The summed E-state index contributed by atoms with van der Waals surface area (Å²) in [6.45, 7) is 4.30. The van der Waals surface area contributed by atoms with Crippen molar-refractivity contribution in [1.29, 1.82) is 0 Å². The summed E-state index contributed by atoms with van der Waals surface area (Å²) in [5.74, 6) is -6.02. The summed E-state index contributed by atoms with van der Waals surface area (Å²) < 4.78 is 89.8. The molecule has 10 heteroatoms. The summed E-state index contributed by atoms with van der Waals surface area (Å²) >= 11 is 0. The van der Waals surface area contributed by atoms with E-state index in [1.807, 2.05) is 0 Å². The van der Waals surface area contributed by atoms with Crippen molar-refractivity contribution in [2.45, 2.75) is 37.3 Å². The Morgan fingerprint density at radius 1 is 0.875 bits per heavy atom. The Morgan fingerprint density at radius 3 is 1.50 bits per heavy atom. The van der Waals surface area contributed by atoms with Crippen molar-refractivity contribution >= 4 is 18.1 Å². The molecule has 0 spiro atoms. The average molecular weight is 288 g/mol. The van der Waals surface area contributed by atoms with Crippen molar-refractivity contribution in [3.63, 3.8) is 0 Å². The minimum atomic E-state index is -6.26. The van der Waals surface area contributed by atoms with Crippen molar-refractivity contribution in [2.75, 3.05) is 0 Å². The van der Waals surface area contributed by atoms with Gasteiger partial charge in [-0.1, -0.05) is 0 Å². The second kappa shape index (κ2) is 4.29.